The minimum atomic E-state index is 0.844. The molecule has 0 fully saturated rings. The SMILES string of the molecule is [CH2]c1sccc1Oc1ccccc1. The molecule has 13 heavy (non-hydrogen) atoms. The van der Waals surface area contributed by atoms with Gasteiger partial charge in [-0.15, -0.1) is 11.3 Å². The van der Waals surface area contributed by atoms with Crippen LogP contribution < -0.4 is 4.74 Å². The summed E-state index contributed by atoms with van der Waals surface area (Å²) in [7, 11) is 0. The van der Waals surface area contributed by atoms with Crippen LogP contribution in [0, 0.1) is 6.92 Å². The monoisotopic (exact) mass is 189 g/mol. The molecule has 0 saturated carbocycles. The molecule has 0 saturated heterocycles. The lowest BCUT2D eigenvalue weighted by molar-refractivity contribution is 0.483. The highest BCUT2D eigenvalue weighted by Crippen LogP contribution is 2.28. The first-order chi connectivity index (χ1) is 6.36. The summed E-state index contributed by atoms with van der Waals surface area (Å²) in [4.78, 5) is 0.962. The largest absolute Gasteiger partial charge is 0.456 e. The van der Waals surface area contributed by atoms with Gasteiger partial charge in [0.15, 0.2) is 0 Å². The number of ether oxygens (including phenoxy) is 1. The summed E-state index contributed by atoms with van der Waals surface area (Å²) in [5.74, 6) is 1.70. The molecule has 0 aliphatic rings. The molecule has 0 amide bonds. The smallest absolute Gasteiger partial charge is 0.141 e. The van der Waals surface area contributed by atoms with E-state index in [0.29, 0.717) is 0 Å². The maximum absolute atomic E-state index is 5.60. The first kappa shape index (κ1) is 8.32. The van der Waals surface area contributed by atoms with Crippen LogP contribution in [-0.4, -0.2) is 0 Å². The summed E-state index contributed by atoms with van der Waals surface area (Å²) in [6.07, 6.45) is 0. The van der Waals surface area contributed by atoms with Gasteiger partial charge in [0.1, 0.15) is 11.5 Å². The minimum absolute atomic E-state index is 0.844. The van der Waals surface area contributed by atoms with Crippen molar-refractivity contribution in [3.8, 4) is 11.5 Å². The van der Waals surface area contributed by atoms with Crippen molar-refractivity contribution in [3.05, 3.63) is 53.6 Å². The van der Waals surface area contributed by atoms with Crippen LogP contribution in [0.3, 0.4) is 0 Å². The Bertz CT molecular complexity index is 378. The van der Waals surface area contributed by atoms with E-state index in [-0.39, 0.29) is 0 Å². The van der Waals surface area contributed by atoms with Crippen molar-refractivity contribution in [2.45, 2.75) is 0 Å². The van der Waals surface area contributed by atoms with Crippen molar-refractivity contribution in [1.82, 2.24) is 0 Å². The van der Waals surface area contributed by atoms with Gasteiger partial charge in [0.25, 0.3) is 0 Å². The Morgan fingerprint density at radius 2 is 1.85 bits per heavy atom. The quantitative estimate of drug-likeness (QED) is 0.699. The van der Waals surface area contributed by atoms with E-state index in [0.717, 1.165) is 16.4 Å². The lowest BCUT2D eigenvalue weighted by atomic mass is 10.3. The Hall–Kier alpha value is -1.28. The van der Waals surface area contributed by atoms with Crippen molar-refractivity contribution >= 4 is 11.3 Å². The van der Waals surface area contributed by atoms with Gasteiger partial charge in [0.05, 0.1) is 0 Å². The first-order valence-corrected chi connectivity index (χ1v) is 4.86. The fourth-order valence-corrected chi connectivity index (χ4v) is 1.62. The van der Waals surface area contributed by atoms with E-state index >= 15 is 0 Å². The van der Waals surface area contributed by atoms with Crippen molar-refractivity contribution < 1.29 is 4.74 Å². The number of hydrogen-bond acceptors (Lipinski definition) is 2. The molecule has 0 atom stereocenters. The van der Waals surface area contributed by atoms with E-state index in [1.54, 1.807) is 11.3 Å². The van der Waals surface area contributed by atoms with Crippen molar-refractivity contribution in [3.63, 3.8) is 0 Å². The maximum atomic E-state index is 5.60. The van der Waals surface area contributed by atoms with Gasteiger partial charge >= 0.3 is 0 Å². The van der Waals surface area contributed by atoms with Gasteiger partial charge in [-0.2, -0.15) is 0 Å². The van der Waals surface area contributed by atoms with E-state index in [1.807, 2.05) is 41.8 Å². The summed E-state index contributed by atoms with van der Waals surface area (Å²) < 4.78 is 5.60. The summed E-state index contributed by atoms with van der Waals surface area (Å²) >= 11 is 1.59. The summed E-state index contributed by atoms with van der Waals surface area (Å²) in [6, 6.07) is 11.6. The van der Waals surface area contributed by atoms with Crippen LogP contribution in [0.4, 0.5) is 0 Å². The molecular weight excluding hydrogens is 180 g/mol. The Morgan fingerprint density at radius 3 is 2.46 bits per heavy atom. The second kappa shape index (κ2) is 3.62. The molecule has 0 N–H and O–H groups in total. The van der Waals surface area contributed by atoms with Crippen molar-refractivity contribution in [1.29, 1.82) is 0 Å². The van der Waals surface area contributed by atoms with Crippen LogP contribution in [0.2, 0.25) is 0 Å². The zero-order chi connectivity index (χ0) is 9.10. The number of thiophene rings is 1. The Labute approximate surface area is 81.6 Å². The Balaban J connectivity index is 2.20. The van der Waals surface area contributed by atoms with Gasteiger partial charge in [-0.05, 0) is 30.5 Å². The number of rotatable bonds is 2. The average Bonchev–Trinajstić information content (AvgIpc) is 2.54. The fourth-order valence-electron chi connectivity index (χ4n) is 1.04. The van der Waals surface area contributed by atoms with Gasteiger partial charge < -0.3 is 4.74 Å². The molecule has 2 rings (SSSR count). The summed E-state index contributed by atoms with van der Waals surface area (Å²) in [5.41, 5.74) is 0. The number of benzene rings is 1. The molecule has 65 valence electrons. The second-order valence-corrected chi connectivity index (χ2v) is 3.62. The Morgan fingerprint density at radius 1 is 1.08 bits per heavy atom. The lowest BCUT2D eigenvalue weighted by Crippen LogP contribution is -1.81. The summed E-state index contributed by atoms with van der Waals surface area (Å²) in [5, 5.41) is 1.97. The van der Waals surface area contributed by atoms with Crippen LogP contribution >= 0.6 is 11.3 Å². The molecule has 1 aromatic carbocycles. The predicted octanol–water partition coefficient (Wildman–Crippen LogP) is 3.72. The summed E-state index contributed by atoms with van der Waals surface area (Å²) in [6.45, 7) is 3.87. The highest BCUT2D eigenvalue weighted by molar-refractivity contribution is 7.10. The van der Waals surface area contributed by atoms with E-state index in [4.69, 9.17) is 4.74 Å². The lowest BCUT2D eigenvalue weighted by Gasteiger charge is -2.03. The molecule has 2 heteroatoms. The maximum Gasteiger partial charge on any atom is 0.141 e. The third-order valence-electron chi connectivity index (χ3n) is 1.68. The third-order valence-corrected chi connectivity index (χ3v) is 2.43. The highest BCUT2D eigenvalue weighted by Gasteiger charge is 2.00. The van der Waals surface area contributed by atoms with Gasteiger partial charge in [-0.25, -0.2) is 0 Å². The highest BCUT2D eigenvalue weighted by atomic mass is 32.1. The first-order valence-electron chi connectivity index (χ1n) is 3.98. The van der Waals surface area contributed by atoms with Gasteiger partial charge in [0, 0.05) is 4.88 Å². The van der Waals surface area contributed by atoms with Gasteiger partial charge in [-0.1, -0.05) is 18.2 Å². The molecule has 0 aliphatic heterocycles. The van der Waals surface area contributed by atoms with E-state index < -0.39 is 0 Å². The molecule has 1 aromatic heterocycles. The standard InChI is InChI=1S/C11H9OS/c1-9-11(7-8-13-9)12-10-5-3-2-4-6-10/h2-8H,1H2. The van der Waals surface area contributed by atoms with E-state index in [2.05, 4.69) is 6.92 Å². The van der Waals surface area contributed by atoms with Crippen LogP contribution in [0.15, 0.2) is 41.8 Å². The molecule has 2 aromatic rings. The second-order valence-electron chi connectivity index (χ2n) is 2.62. The van der Waals surface area contributed by atoms with Crippen LogP contribution in [0.25, 0.3) is 0 Å². The van der Waals surface area contributed by atoms with E-state index in [1.165, 1.54) is 0 Å². The molecular formula is C11H9OS. The van der Waals surface area contributed by atoms with Crippen LogP contribution in [0.1, 0.15) is 4.88 Å². The number of para-hydroxylation sites is 1. The molecule has 0 spiro atoms. The normalized spacial score (nSPS) is 9.92. The van der Waals surface area contributed by atoms with Crippen LogP contribution in [0.5, 0.6) is 11.5 Å². The third kappa shape index (κ3) is 1.90. The molecule has 1 nitrogen and oxygen atoms in total. The predicted molar refractivity (Wildman–Crippen MR) is 55.3 cm³/mol. The zero-order valence-electron chi connectivity index (χ0n) is 7.07. The average molecular weight is 189 g/mol. The number of hydrogen-bond donors (Lipinski definition) is 0. The van der Waals surface area contributed by atoms with Crippen molar-refractivity contribution in [2.24, 2.45) is 0 Å². The van der Waals surface area contributed by atoms with Gasteiger partial charge in [0.2, 0.25) is 0 Å². The Kier molecular flexibility index (Phi) is 2.32. The molecule has 0 aliphatic carbocycles. The molecule has 1 radical (unpaired) electrons. The molecule has 1 heterocycles. The van der Waals surface area contributed by atoms with Crippen molar-refractivity contribution in [2.75, 3.05) is 0 Å². The fraction of sp³-hybridized carbons (Fsp3) is 0. The molecule has 0 bridgehead atoms. The molecule has 0 unspecified atom stereocenters. The van der Waals surface area contributed by atoms with Gasteiger partial charge in [-0.3, -0.25) is 0 Å². The zero-order valence-corrected chi connectivity index (χ0v) is 7.88. The minimum Gasteiger partial charge on any atom is -0.456 e. The van der Waals surface area contributed by atoms with Crippen LogP contribution in [-0.2, 0) is 0 Å². The topological polar surface area (TPSA) is 9.23 Å². The van der Waals surface area contributed by atoms with E-state index in [9.17, 15) is 0 Å².